The summed E-state index contributed by atoms with van der Waals surface area (Å²) in [6.07, 6.45) is 2.00. The van der Waals surface area contributed by atoms with Gasteiger partial charge in [-0.3, -0.25) is 9.10 Å². The first-order chi connectivity index (χ1) is 6.59. The Hall–Kier alpha value is -0.300. The molecule has 2 rings (SSSR count). The van der Waals surface area contributed by atoms with Gasteiger partial charge < -0.3 is 4.55 Å². The van der Waals surface area contributed by atoms with Crippen LogP contribution in [0.15, 0.2) is 17.6 Å². The van der Waals surface area contributed by atoms with Crippen molar-refractivity contribution in [2.45, 2.75) is 11.1 Å². The molecule has 7 heteroatoms. The molecule has 1 fully saturated rings. The van der Waals surface area contributed by atoms with Gasteiger partial charge in [-0.05, 0) is 16.3 Å². The van der Waals surface area contributed by atoms with Crippen molar-refractivity contribution in [1.29, 1.82) is 0 Å². The number of halogens is 1. The van der Waals surface area contributed by atoms with Crippen LogP contribution in [0.25, 0.3) is 0 Å². The van der Waals surface area contributed by atoms with Crippen molar-refractivity contribution in [2.75, 3.05) is 7.05 Å². The van der Waals surface area contributed by atoms with E-state index in [1.165, 1.54) is 23.5 Å². The molecule has 1 amide bonds. The Morgan fingerprint density at radius 2 is 2.57 bits per heavy atom. The van der Waals surface area contributed by atoms with E-state index in [0.29, 0.717) is 6.42 Å². The van der Waals surface area contributed by atoms with E-state index in [9.17, 15) is 9.35 Å². The molecule has 2 atom stereocenters. The van der Waals surface area contributed by atoms with E-state index < -0.39 is 10.9 Å². The molecule has 1 saturated heterocycles. The number of alkyl halides is 1. The van der Waals surface area contributed by atoms with E-state index >= 15 is 0 Å². The molecule has 14 heavy (non-hydrogen) atoms. The fourth-order valence-electron chi connectivity index (χ4n) is 0.766. The lowest BCUT2D eigenvalue weighted by molar-refractivity contribution is -0.124. The van der Waals surface area contributed by atoms with Crippen molar-refractivity contribution in [3.63, 3.8) is 0 Å². The van der Waals surface area contributed by atoms with Crippen molar-refractivity contribution >= 4 is 40.4 Å². The molecule has 4 nitrogen and oxygen atoms in total. The highest BCUT2D eigenvalue weighted by molar-refractivity contribution is 7.99. The molecular weight excluding hydrogens is 244 g/mol. The largest absolute Gasteiger partial charge is 0.569 e. The van der Waals surface area contributed by atoms with Gasteiger partial charge >= 0.3 is 0 Å². The number of aromatic nitrogens is 1. The van der Waals surface area contributed by atoms with Crippen molar-refractivity contribution in [2.24, 2.45) is 0 Å². The van der Waals surface area contributed by atoms with E-state index in [4.69, 9.17) is 11.6 Å². The van der Waals surface area contributed by atoms with Gasteiger partial charge in [-0.15, -0.1) is 11.6 Å². The van der Waals surface area contributed by atoms with Crippen LogP contribution in [0.1, 0.15) is 6.42 Å². The van der Waals surface area contributed by atoms with Crippen LogP contribution in [-0.4, -0.2) is 30.9 Å². The van der Waals surface area contributed by atoms with Gasteiger partial charge in [0.15, 0.2) is 5.38 Å². The smallest absolute Gasteiger partial charge is 0.234 e. The minimum absolute atomic E-state index is 0.0347. The minimum atomic E-state index is -1.03. The standard InChI is InChI=1S/C4H6ClNOS.C3H3NOS/c1-6-4(7)2-3(5)8-6;5-6-3-1-2-4-6/h3H,2H2,1H3;1-3H. The monoisotopic (exact) mass is 252 g/mol. The lowest BCUT2D eigenvalue weighted by Crippen LogP contribution is -2.10. The molecule has 2 unspecified atom stereocenters. The predicted octanol–water partition coefficient (Wildman–Crippen LogP) is 1.87. The molecule has 1 aromatic rings. The Morgan fingerprint density at radius 1 is 1.86 bits per heavy atom. The van der Waals surface area contributed by atoms with E-state index in [0.717, 1.165) is 0 Å². The summed E-state index contributed by atoms with van der Waals surface area (Å²) in [5.41, 5.74) is 0. The Balaban J connectivity index is 0.000000146. The summed E-state index contributed by atoms with van der Waals surface area (Å²) in [5.74, 6) is 0.120. The molecule has 0 spiro atoms. The van der Waals surface area contributed by atoms with Crippen LogP contribution in [0.3, 0.4) is 0 Å². The number of carbonyl (C=O) groups excluding carboxylic acids is 1. The van der Waals surface area contributed by atoms with Crippen LogP contribution in [0.5, 0.6) is 0 Å². The molecule has 78 valence electrons. The van der Waals surface area contributed by atoms with E-state index in [2.05, 4.69) is 4.37 Å². The lowest BCUT2D eigenvalue weighted by atomic mass is 10.5. The quantitative estimate of drug-likeness (QED) is 0.402. The molecule has 0 aliphatic carbocycles. The van der Waals surface area contributed by atoms with E-state index in [-0.39, 0.29) is 10.6 Å². The fourth-order valence-corrected chi connectivity index (χ4v) is 2.47. The van der Waals surface area contributed by atoms with Gasteiger partial charge in [-0.25, -0.2) is 0 Å². The molecule has 1 aliphatic rings. The molecule has 0 N–H and O–H groups in total. The van der Waals surface area contributed by atoms with Crippen molar-refractivity contribution in [1.82, 2.24) is 8.68 Å². The van der Waals surface area contributed by atoms with Crippen LogP contribution >= 0.6 is 34.5 Å². The van der Waals surface area contributed by atoms with Gasteiger partial charge in [0.2, 0.25) is 5.91 Å². The molecule has 1 aliphatic heterocycles. The second-order valence-electron chi connectivity index (χ2n) is 2.47. The van der Waals surface area contributed by atoms with Gasteiger partial charge in [0, 0.05) is 13.1 Å². The van der Waals surface area contributed by atoms with Gasteiger partial charge in [0.05, 0.1) is 23.6 Å². The third-order valence-electron chi connectivity index (χ3n) is 1.40. The average molecular weight is 253 g/mol. The second kappa shape index (κ2) is 5.55. The predicted molar refractivity (Wildman–Crippen MR) is 57.5 cm³/mol. The zero-order valence-corrected chi connectivity index (χ0v) is 9.81. The summed E-state index contributed by atoms with van der Waals surface area (Å²) in [7, 11) is 0.698. The molecule has 0 bridgehead atoms. The number of nitrogens with zero attached hydrogens (tertiary/aromatic N) is 2. The van der Waals surface area contributed by atoms with E-state index in [1.807, 2.05) is 0 Å². The Labute approximate surface area is 94.3 Å². The number of rotatable bonds is 0. The van der Waals surface area contributed by atoms with Crippen LogP contribution in [0.4, 0.5) is 0 Å². The van der Waals surface area contributed by atoms with Crippen LogP contribution < -0.4 is 0 Å². The van der Waals surface area contributed by atoms with Crippen molar-refractivity contribution in [3.8, 4) is 0 Å². The summed E-state index contributed by atoms with van der Waals surface area (Å²) >= 11 is 6.98. The molecule has 2 heterocycles. The van der Waals surface area contributed by atoms with Gasteiger partial charge in [0.1, 0.15) is 4.71 Å². The summed E-state index contributed by atoms with van der Waals surface area (Å²) < 4.78 is 15.1. The van der Waals surface area contributed by atoms with Gasteiger partial charge in [-0.1, -0.05) is 0 Å². The van der Waals surface area contributed by atoms with Crippen molar-refractivity contribution < 1.29 is 9.35 Å². The number of hydrogen-bond acceptors (Lipinski definition) is 4. The van der Waals surface area contributed by atoms with E-state index in [1.54, 1.807) is 17.4 Å². The summed E-state index contributed by atoms with van der Waals surface area (Å²) in [6, 6.07) is 1.66. The molecule has 1 aromatic heterocycles. The first kappa shape index (κ1) is 11.8. The highest BCUT2D eigenvalue weighted by atomic mass is 35.5. The third-order valence-corrected chi connectivity index (χ3v) is 3.43. The molecule has 0 radical (unpaired) electrons. The SMILES string of the molecule is CN1SC(Cl)CC1=O.[O-][s+]1cccn1. The van der Waals surface area contributed by atoms with Crippen LogP contribution in [0.2, 0.25) is 0 Å². The first-order valence-corrected chi connectivity index (χ1v) is 6.23. The maximum absolute atomic E-state index is 10.6. The summed E-state index contributed by atoms with van der Waals surface area (Å²) in [4.78, 5) is 10.6. The Kier molecular flexibility index (Phi) is 4.67. The number of amides is 1. The Bertz CT molecular complexity index is 294. The Morgan fingerprint density at radius 3 is 2.71 bits per heavy atom. The normalized spacial score (nSPS) is 21.9. The highest BCUT2D eigenvalue weighted by Crippen LogP contribution is 2.29. The molecular formula is C7H9ClN2O2S2. The minimum Gasteiger partial charge on any atom is -0.569 e. The average Bonchev–Trinajstić information content (AvgIpc) is 2.65. The third kappa shape index (κ3) is 3.83. The summed E-state index contributed by atoms with van der Waals surface area (Å²) in [6.45, 7) is 0. The molecule has 0 saturated carbocycles. The maximum atomic E-state index is 10.6. The van der Waals surface area contributed by atoms with Crippen molar-refractivity contribution in [3.05, 3.63) is 17.6 Å². The topological polar surface area (TPSA) is 56.3 Å². The van der Waals surface area contributed by atoms with Crippen LogP contribution in [0, 0.1) is 0 Å². The number of hydrogen-bond donors (Lipinski definition) is 0. The first-order valence-electron chi connectivity index (χ1n) is 3.78. The van der Waals surface area contributed by atoms with Crippen LogP contribution in [-0.2, 0) is 4.79 Å². The molecule has 0 aromatic carbocycles. The maximum Gasteiger partial charge on any atom is 0.234 e. The van der Waals surface area contributed by atoms with Gasteiger partial charge in [0.25, 0.3) is 0 Å². The summed E-state index contributed by atoms with van der Waals surface area (Å²) in [5, 5.41) is 1.53. The highest BCUT2D eigenvalue weighted by Gasteiger charge is 2.25. The lowest BCUT2D eigenvalue weighted by Gasteiger charge is -2.02. The fraction of sp³-hybridized carbons (Fsp3) is 0.429. The zero-order chi connectivity index (χ0) is 10.6. The second-order valence-corrected chi connectivity index (χ2v) is 5.62. The zero-order valence-electron chi connectivity index (χ0n) is 7.42. The van der Waals surface area contributed by atoms with Gasteiger partial charge in [-0.2, -0.15) is 0 Å². The number of carbonyl (C=O) groups is 1.